The largest absolute Gasteiger partial charge is 0.371 e. The number of rotatable bonds is 4. The van der Waals surface area contributed by atoms with Gasteiger partial charge in [-0.05, 0) is 29.8 Å². The fourth-order valence-corrected chi connectivity index (χ4v) is 3.46. The number of benzene rings is 1. The molecule has 1 aliphatic heterocycles. The molecular formula is C20H19N7O2. The molecule has 0 spiro atoms. The number of carbonyl (C=O) groups is 1. The first-order valence-corrected chi connectivity index (χ1v) is 9.31. The first-order chi connectivity index (χ1) is 14.2. The van der Waals surface area contributed by atoms with Crippen LogP contribution in [0.1, 0.15) is 11.7 Å². The number of nitrogens with zero attached hydrogens (tertiary/aromatic N) is 3. The summed E-state index contributed by atoms with van der Waals surface area (Å²) in [7, 11) is 0. The summed E-state index contributed by atoms with van der Waals surface area (Å²) in [5.74, 6) is 0.326. The van der Waals surface area contributed by atoms with E-state index in [2.05, 4.69) is 48.4 Å². The average Bonchev–Trinajstić information content (AvgIpc) is 3.37. The molecule has 9 heteroatoms. The number of imidazole rings is 1. The third-order valence-electron chi connectivity index (χ3n) is 4.90. The number of amides is 1. The Morgan fingerprint density at radius 1 is 1.34 bits per heavy atom. The minimum absolute atomic E-state index is 0.0337. The number of carbonyl (C=O) groups excluding carboxylic acids is 1. The van der Waals surface area contributed by atoms with E-state index >= 15 is 0 Å². The fourth-order valence-electron chi connectivity index (χ4n) is 3.46. The van der Waals surface area contributed by atoms with Crippen LogP contribution in [0.2, 0.25) is 0 Å². The molecule has 0 radical (unpaired) electrons. The molecule has 1 amide bonds. The van der Waals surface area contributed by atoms with Gasteiger partial charge in [-0.25, -0.2) is 9.97 Å². The van der Waals surface area contributed by atoms with Crippen molar-refractivity contribution in [2.24, 2.45) is 0 Å². The van der Waals surface area contributed by atoms with Gasteiger partial charge in [0.15, 0.2) is 11.5 Å². The number of hydrogen-bond acceptors (Lipinski definition) is 6. The van der Waals surface area contributed by atoms with Crippen molar-refractivity contribution in [1.82, 2.24) is 30.5 Å². The molecule has 146 valence electrons. The molecule has 0 aliphatic carbocycles. The molecule has 0 bridgehead atoms. The van der Waals surface area contributed by atoms with Gasteiger partial charge in [-0.1, -0.05) is 12.6 Å². The van der Waals surface area contributed by atoms with E-state index in [1.165, 1.54) is 6.08 Å². The van der Waals surface area contributed by atoms with E-state index in [0.29, 0.717) is 29.5 Å². The number of H-pyrrole nitrogens is 2. The van der Waals surface area contributed by atoms with Gasteiger partial charge in [0.05, 0.1) is 41.0 Å². The summed E-state index contributed by atoms with van der Waals surface area (Å²) in [5, 5.41) is 14.1. The van der Waals surface area contributed by atoms with Gasteiger partial charge in [0, 0.05) is 13.1 Å². The van der Waals surface area contributed by atoms with Crippen molar-refractivity contribution in [2.75, 3.05) is 25.0 Å². The summed E-state index contributed by atoms with van der Waals surface area (Å²) >= 11 is 0. The van der Waals surface area contributed by atoms with Crippen LogP contribution in [0.25, 0.3) is 33.6 Å². The predicted octanol–water partition coefficient (Wildman–Crippen LogP) is 2.29. The van der Waals surface area contributed by atoms with Gasteiger partial charge < -0.3 is 20.4 Å². The van der Waals surface area contributed by atoms with Crippen molar-refractivity contribution < 1.29 is 9.53 Å². The molecule has 9 nitrogen and oxygen atoms in total. The highest BCUT2D eigenvalue weighted by Gasteiger charge is 2.18. The summed E-state index contributed by atoms with van der Waals surface area (Å²) in [5.41, 5.74) is 4.66. The lowest BCUT2D eigenvalue weighted by molar-refractivity contribution is -0.111. The Labute approximate surface area is 165 Å². The van der Waals surface area contributed by atoms with Crippen molar-refractivity contribution in [3.05, 3.63) is 48.7 Å². The van der Waals surface area contributed by atoms with Gasteiger partial charge in [-0.15, -0.1) is 0 Å². The van der Waals surface area contributed by atoms with Crippen LogP contribution in [-0.4, -0.2) is 50.8 Å². The Hall–Kier alpha value is -3.56. The molecule has 1 saturated heterocycles. The van der Waals surface area contributed by atoms with E-state index in [-0.39, 0.29) is 12.0 Å². The third kappa shape index (κ3) is 3.26. The number of morpholine rings is 1. The maximum Gasteiger partial charge on any atom is 0.247 e. The molecule has 29 heavy (non-hydrogen) atoms. The number of fused-ring (bicyclic) bond motifs is 2. The second-order valence-electron chi connectivity index (χ2n) is 6.81. The second-order valence-corrected chi connectivity index (χ2v) is 6.81. The zero-order chi connectivity index (χ0) is 19.8. The highest BCUT2D eigenvalue weighted by atomic mass is 16.5. The van der Waals surface area contributed by atoms with Gasteiger partial charge in [0.25, 0.3) is 0 Å². The normalized spacial score (nSPS) is 16.9. The Bertz CT molecular complexity index is 1220. The maximum atomic E-state index is 11.6. The molecule has 5 rings (SSSR count). The van der Waals surface area contributed by atoms with Crippen LogP contribution in [-0.2, 0) is 9.53 Å². The summed E-state index contributed by atoms with van der Waals surface area (Å²) in [6.45, 7) is 5.83. The van der Waals surface area contributed by atoms with Crippen LogP contribution in [0.4, 0.5) is 5.69 Å². The molecule has 1 fully saturated rings. The lowest BCUT2D eigenvalue weighted by Crippen LogP contribution is -2.33. The first-order valence-electron chi connectivity index (χ1n) is 9.31. The predicted molar refractivity (Wildman–Crippen MR) is 109 cm³/mol. The minimum atomic E-state index is -0.299. The van der Waals surface area contributed by atoms with Gasteiger partial charge >= 0.3 is 0 Å². The molecule has 1 aromatic carbocycles. The SMILES string of the molecule is C=CC(=O)Nc1cnc2[nH]nc(-c3nc4ccc(C5CNCCO5)cc4[nH]3)c2c1. The second kappa shape index (κ2) is 7.12. The van der Waals surface area contributed by atoms with Crippen LogP contribution >= 0.6 is 0 Å². The number of pyridine rings is 1. The summed E-state index contributed by atoms with van der Waals surface area (Å²) in [4.78, 5) is 23.9. The number of anilines is 1. The number of aromatic nitrogens is 5. The molecular weight excluding hydrogens is 370 g/mol. The zero-order valence-corrected chi connectivity index (χ0v) is 15.5. The van der Waals surface area contributed by atoms with Gasteiger partial charge in [-0.2, -0.15) is 5.10 Å². The van der Waals surface area contributed by atoms with Crippen molar-refractivity contribution in [3.8, 4) is 11.5 Å². The molecule has 1 aliphatic rings. The molecule has 1 unspecified atom stereocenters. The van der Waals surface area contributed by atoms with E-state index in [4.69, 9.17) is 4.74 Å². The van der Waals surface area contributed by atoms with E-state index in [1.807, 2.05) is 18.2 Å². The van der Waals surface area contributed by atoms with Gasteiger partial charge in [0.2, 0.25) is 5.91 Å². The average molecular weight is 389 g/mol. The van der Waals surface area contributed by atoms with Crippen molar-refractivity contribution in [1.29, 1.82) is 0 Å². The Morgan fingerprint density at radius 3 is 3.10 bits per heavy atom. The minimum Gasteiger partial charge on any atom is -0.371 e. The molecule has 3 aromatic heterocycles. The zero-order valence-electron chi connectivity index (χ0n) is 15.5. The monoisotopic (exact) mass is 389 g/mol. The molecule has 0 saturated carbocycles. The fraction of sp³-hybridized carbons (Fsp3) is 0.200. The van der Waals surface area contributed by atoms with Crippen molar-refractivity contribution in [2.45, 2.75) is 6.10 Å². The van der Waals surface area contributed by atoms with Crippen LogP contribution in [0.3, 0.4) is 0 Å². The van der Waals surface area contributed by atoms with E-state index in [1.54, 1.807) is 6.20 Å². The van der Waals surface area contributed by atoms with Gasteiger partial charge in [0.1, 0.15) is 5.69 Å². The van der Waals surface area contributed by atoms with E-state index < -0.39 is 0 Å². The smallest absolute Gasteiger partial charge is 0.247 e. The summed E-state index contributed by atoms with van der Waals surface area (Å²) in [6, 6.07) is 7.89. The number of hydrogen-bond donors (Lipinski definition) is 4. The standard InChI is InChI=1S/C20H19N7O2/c1-2-17(28)23-12-8-13-18(26-27-19(13)22-9-12)20-24-14-4-3-11(7-15(14)25-20)16-10-21-5-6-29-16/h2-4,7-9,16,21H,1,5-6,10H2,(H,23,28)(H,24,25)(H,22,26,27). The Morgan fingerprint density at radius 2 is 2.28 bits per heavy atom. The Kier molecular flexibility index (Phi) is 4.30. The summed E-state index contributed by atoms with van der Waals surface area (Å²) in [6.07, 6.45) is 2.81. The van der Waals surface area contributed by atoms with Gasteiger partial charge in [-0.3, -0.25) is 9.89 Å². The lowest BCUT2D eigenvalue weighted by Gasteiger charge is -2.23. The number of ether oxygens (including phenoxy) is 1. The highest BCUT2D eigenvalue weighted by molar-refractivity contribution is 6.01. The van der Waals surface area contributed by atoms with Crippen LogP contribution in [0.15, 0.2) is 43.1 Å². The molecule has 4 aromatic rings. The Balaban J connectivity index is 1.52. The first kappa shape index (κ1) is 17.5. The molecule has 4 heterocycles. The quantitative estimate of drug-likeness (QED) is 0.398. The molecule has 1 atom stereocenters. The number of nitrogens with one attached hydrogen (secondary N) is 4. The summed E-state index contributed by atoms with van der Waals surface area (Å²) < 4.78 is 5.84. The van der Waals surface area contributed by atoms with Crippen molar-refractivity contribution in [3.63, 3.8) is 0 Å². The molecule has 4 N–H and O–H groups in total. The highest BCUT2D eigenvalue weighted by Crippen LogP contribution is 2.29. The number of aromatic amines is 2. The van der Waals surface area contributed by atoms with E-state index in [9.17, 15) is 4.79 Å². The van der Waals surface area contributed by atoms with Crippen LogP contribution < -0.4 is 10.6 Å². The van der Waals surface area contributed by atoms with E-state index in [0.717, 1.165) is 35.1 Å². The van der Waals surface area contributed by atoms with Crippen molar-refractivity contribution >= 4 is 33.7 Å². The topological polar surface area (TPSA) is 121 Å². The van der Waals surface area contributed by atoms with Crippen LogP contribution in [0, 0.1) is 0 Å². The maximum absolute atomic E-state index is 11.6. The lowest BCUT2D eigenvalue weighted by atomic mass is 10.1. The van der Waals surface area contributed by atoms with Crippen LogP contribution in [0.5, 0.6) is 0 Å². The third-order valence-corrected chi connectivity index (χ3v) is 4.90.